The summed E-state index contributed by atoms with van der Waals surface area (Å²) in [6.45, 7) is 16.1. The molecule has 0 radical (unpaired) electrons. The van der Waals surface area contributed by atoms with Gasteiger partial charge in [-0.05, 0) is 0 Å². The zero-order valence-corrected chi connectivity index (χ0v) is 20.8. The molecule has 140 valence electrons. The molecule has 0 spiro atoms. The third-order valence-corrected chi connectivity index (χ3v) is 21.6. The van der Waals surface area contributed by atoms with E-state index >= 15 is 0 Å². The molecule has 1 heteroatoms. The second-order valence-electron chi connectivity index (χ2n) is 8.21. The van der Waals surface area contributed by atoms with Crippen LogP contribution < -0.4 is 10.7 Å². The first kappa shape index (κ1) is 20.2. The Kier molecular flexibility index (Phi) is 5.86. The van der Waals surface area contributed by atoms with Crippen molar-refractivity contribution in [3.05, 3.63) is 88.0 Å². The first-order valence-electron chi connectivity index (χ1n) is 10.0. The monoisotopic (exact) mass is 464 g/mol. The van der Waals surface area contributed by atoms with Gasteiger partial charge >= 0.3 is 170 Å². The van der Waals surface area contributed by atoms with E-state index in [0.717, 1.165) is 0 Å². The number of rotatable bonds is 4. The Balaban J connectivity index is 2.50. The molecule has 0 N–H and O–H groups in total. The van der Waals surface area contributed by atoms with Crippen LogP contribution in [0.3, 0.4) is 0 Å². The van der Waals surface area contributed by atoms with E-state index in [4.69, 9.17) is 0 Å². The quantitative estimate of drug-likeness (QED) is 0.477. The molecule has 0 aromatic heterocycles. The Morgan fingerprint density at radius 1 is 0.519 bits per heavy atom. The van der Waals surface area contributed by atoms with Gasteiger partial charge in [0.1, 0.15) is 0 Å². The fourth-order valence-corrected chi connectivity index (χ4v) is 20.9. The van der Waals surface area contributed by atoms with Gasteiger partial charge in [0.25, 0.3) is 0 Å². The van der Waals surface area contributed by atoms with Gasteiger partial charge in [0.05, 0.1) is 0 Å². The van der Waals surface area contributed by atoms with E-state index in [2.05, 4.69) is 103 Å². The number of aryl methyl sites for hydroxylation is 6. The van der Waals surface area contributed by atoms with Gasteiger partial charge in [-0.1, -0.05) is 0 Å². The summed E-state index contributed by atoms with van der Waals surface area (Å²) in [5.41, 5.74) is 8.50. The van der Waals surface area contributed by atoms with Crippen LogP contribution in [0.2, 0.25) is 4.44 Å². The predicted octanol–water partition coefficient (Wildman–Crippen LogP) is 5.03. The van der Waals surface area contributed by atoms with Crippen molar-refractivity contribution in [1.82, 2.24) is 0 Å². The average Bonchev–Trinajstić information content (AvgIpc) is 2.64. The fraction of sp³-hybridized carbons (Fsp3) is 0.308. The van der Waals surface area contributed by atoms with E-state index in [0.29, 0.717) is 0 Å². The molecule has 0 saturated carbocycles. The summed E-state index contributed by atoms with van der Waals surface area (Å²) in [5, 5.41) is 0. The Hall–Kier alpha value is -1.54. The molecule has 0 amide bonds. The number of hydrogen-bond donors (Lipinski definition) is 0. The van der Waals surface area contributed by atoms with Gasteiger partial charge in [-0.3, -0.25) is 0 Å². The molecule has 0 heterocycles. The van der Waals surface area contributed by atoms with Crippen LogP contribution in [0, 0.1) is 41.5 Å². The molecule has 0 bridgehead atoms. The molecule has 0 fully saturated rings. The third-order valence-electron chi connectivity index (χ3n) is 6.09. The summed E-state index contributed by atoms with van der Waals surface area (Å²) in [6, 6.07) is 21.3. The molecule has 0 atom stereocenters. The van der Waals surface area contributed by atoms with Crippen LogP contribution in [0.5, 0.6) is 0 Å². The Morgan fingerprint density at radius 2 is 0.815 bits per heavy atom. The van der Waals surface area contributed by atoms with Crippen LogP contribution in [0.1, 0.15) is 40.3 Å². The van der Waals surface area contributed by atoms with Crippen molar-refractivity contribution in [2.24, 2.45) is 0 Å². The van der Waals surface area contributed by atoms with Gasteiger partial charge in [0, 0.05) is 0 Å². The van der Waals surface area contributed by atoms with E-state index in [-0.39, 0.29) is 0 Å². The van der Waals surface area contributed by atoms with Gasteiger partial charge < -0.3 is 0 Å². The molecule has 27 heavy (non-hydrogen) atoms. The van der Waals surface area contributed by atoms with E-state index in [1.807, 2.05) is 0 Å². The van der Waals surface area contributed by atoms with E-state index in [1.54, 1.807) is 10.7 Å². The first-order valence-corrected chi connectivity index (χ1v) is 16.3. The van der Waals surface area contributed by atoms with Crippen molar-refractivity contribution in [2.45, 2.75) is 52.9 Å². The second-order valence-corrected chi connectivity index (χ2v) is 20.0. The van der Waals surface area contributed by atoms with E-state index in [9.17, 15) is 0 Å². The van der Waals surface area contributed by atoms with Gasteiger partial charge in [0.15, 0.2) is 0 Å². The molecule has 3 rings (SSSR count). The van der Waals surface area contributed by atoms with Gasteiger partial charge in [-0.25, -0.2) is 0 Å². The molecule has 3 aromatic carbocycles. The summed E-state index contributed by atoms with van der Waals surface area (Å²) in [7, 11) is 0. The first-order chi connectivity index (χ1) is 12.8. The normalized spacial score (nSPS) is 11.7. The Labute approximate surface area is 169 Å². The molecule has 0 nitrogen and oxygen atoms in total. The van der Waals surface area contributed by atoms with Crippen molar-refractivity contribution >= 4 is 29.1 Å². The molecular weight excluding hydrogens is 431 g/mol. The molecule has 0 aliphatic heterocycles. The minimum atomic E-state index is -3.14. The SMILES string of the molecule is C[CH2][Sn]([c]1cc(C)ccc1C)([c]1cc(C)ccc1C)[c]1cc(C)ccc1C. The third kappa shape index (κ3) is 3.61. The van der Waals surface area contributed by atoms with Gasteiger partial charge in [-0.15, -0.1) is 0 Å². The molecular formula is C26H32Sn. The number of benzene rings is 3. The summed E-state index contributed by atoms with van der Waals surface area (Å²) in [4.78, 5) is 0. The van der Waals surface area contributed by atoms with Crippen LogP contribution >= 0.6 is 0 Å². The molecule has 0 unspecified atom stereocenters. The minimum absolute atomic E-state index is 1.24. The molecule has 0 aliphatic carbocycles. The maximum atomic E-state index is 2.50. The summed E-state index contributed by atoms with van der Waals surface area (Å²) in [6.07, 6.45) is 0. The predicted molar refractivity (Wildman–Crippen MR) is 123 cm³/mol. The summed E-state index contributed by atoms with van der Waals surface area (Å²) >= 11 is -3.14. The zero-order chi connectivity index (χ0) is 19.8. The van der Waals surface area contributed by atoms with Gasteiger partial charge in [0.2, 0.25) is 0 Å². The fourth-order valence-electron chi connectivity index (χ4n) is 4.59. The zero-order valence-electron chi connectivity index (χ0n) is 17.9. The maximum absolute atomic E-state index is 3.14. The van der Waals surface area contributed by atoms with Crippen LogP contribution in [0.15, 0.2) is 54.6 Å². The number of hydrogen-bond acceptors (Lipinski definition) is 0. The van der Waals surface area contributed by atoms with E-state index < -0.39 is 18.4 Å². The van der Waals surface area contributed by atoms with Crippen LogP contribution in [-0.2, 0) is 0 Å². The van der Waals surface area contributed by atoms with Crippen molar-refractivity contribution in [1.29, 1.82) is 0 Å². The van der Waals surface area contributed by atoms with Crippen molar-refractivity contribution < 1.29 is 0 Å². The van der Waals surface area contributed by atoms with Gasteiger partial charge in [-0.2, -0.15) is 0 Å². The van der Waals surface area contributed by atoms with Crippen molar-refractivity contribution in [3.63, 3.8) is 0 Å². The topological polar surface area (TPSA) is 0 Å². The van der Waals surface area contributed by atoms with Crippen LogP contribution in [-0.4, -0.2) is 18.4 Å². The molecule has 0 saturated heterocycles. The van der Waals surface area contributed by atoms with Crippen molar-refractivity contribution in [2.75, 3.05) is 0 Å². The van der Waals surface area contributed by atoms with Crippen molar-refractivity contribution in [3.8, 4) is 0 Å². The molecule has 3 aromatic rings. The summed E-state index contributed by atoms with van der Waals surface area (Å²) in [5.74, 6) is 0. The second kappa shape index (κ2) is 7.83. The standard InChI is InChI=1S/3C8H9.C2H5.Sn/c3*1-7-3-5-8(2)6-4-7;1-2;/h3*3-5H,1-2H3;1H2,2H3;. The average molecular weight is 463 g/mol. The summed E-state index contributed by atoms with van der Waals surface area (Å²) < 4.78 is 6.19. The van der Waals surface area contributed by atoms with E-state index in [1.165, 1.54) is 37.8 Å². The van der Waals surface area contributed by atoms with Crippen LogP contribution in [0.4, 0.5) is 0 Å². The molecule has 0 aliphatic rings. The Morgan fingerprint density at radius 3 is 1.07 bits per heavy atom. The Bertz CT molecular complexity index is 856. The van der Waals surface area contributed by atoms with Crippen LogP contribution in [0.25, 0.3) is 0 Å².